The average molecular weight is 618 g/mol. The first kappa shape index (κ1) is 27.3. The van der Waals surface area contributed by atoms with E-state index in [2.05, 4.69) is 133 Å². The van der Waals surface area contributed by atoms with Crippen molar-refractivity contribution in [2.45, 2.75) is 0 Å². The van der Waals surface area contributed by atoms with Crippen LogP contribution >= 0.6 is 11.3 Å². The van der Waals surface area contributed by atoms with Gasteiger partial charge in [0.15, 0.2) is 17.5 Å². The first-order valence-electron chi connectivity index (χ1n) is 15.7. The van der Waals surface area contributed by atoms with E-state index in [-0.39, 0.29) is 0 Å². The van der Waals surface area contributed by atoms with Crippen LogP contribution in [-0.4, -0.2) is 15.0 Å². The Hall–Kier alpha value is -5.97. The highest BCUT2D eigenvalue weighted by Gasteiger charge is 2.14. The third-order valence-electron chi connectivity index (χ3n) is 8.75. The van der Waals surface area contributed by atoms with E-state index in [1.54, 1.807) is 11.3 Å². The Labute approximate surface area is 276 Å². The normalized spacial score (nSPS) is 11.4. The molecule has 0 saturated carbocycles. The standard InChI is InChI=1S/C43H27N3S/c1-2-9-32(10-3-1)41-44-42(46-43(45-41)36-24-25-38-37-12-6-7-13-39(37)47-40(38)27-36)33-21-18-30(19-22-33)29-14-16-31(17-15-29)35-23-20-28-8-4-5-11-34(28)26-35/h1-27H. The lowest BCUT2D eigenvalue weighted by molar-refractivity contribution is 1.07. The van der Waals surface area contributed by atoms with Crippen LogP contribution in [-0.2, 0) is 0 Å². The van der Waals surface area contributed by atoms with Crippen LogP contribution in [0.2, 0.25) is 0 Å². The Balaban J connectivity index is 1.06. The number of rotatable bonds is 5. The number of fused-ring (bicyclic) bond motifs is 4. The van der Waals surface area contributed by atoms with Crippen LogP contribution in [0.5, 0.6) is 0 Å². The molecule has 2 aromatic heterocycles. The number of thiophene rings is 1. The molecule has 2 heterocycles. The smallest absolute Gasteiger partial charge is 0.164 e. The molecule has 9 rings (SSSR count). The second-order valence-corrected chi connectivity index (χ2v) is 12.8. The number of nitrogens with zero attached hydrogens (tertiary/aromatic N) is 3. The molecule has 220 valence electrons. The maximum Gasteiger partial charge on any atom is 0.164 e. The lowest BCUT2D eigenvalue weighted by Crippen LogP contribution is -2.00. The van der Waals surface area contributed by atoms with E-state index >= 15 is 0 Å². The highest BCUT2D eigenvalue weighted by molar-refractivity contribution is 7.25. The molecule has 0 bridgehead atoms. The second kappa shape index (κ2) is 11.4. The molecular formula is C43H27N3S. The van der Waals surface area contributed by atoms with Crippen molar-refractivity contribution in [2.24, 2.45) is 0 Å². The molecule has 3 nitrogen and oxygen atoms in total. The molecule has 0 radical (unpaired) electrons. The molecule has 0 aliphatic heterocycles. The molecule has 0 unspecified atom stereocenters. The minimum atomic E-state index is 0.656. The van der Waals surface area contributed by atoms with E-state index in [0.29, 0.717) is 17.5 Å². The van der Waals surface area contributed by atoms with Crippen LogP contribution < -0.4 is 0 Å². The molecule has 0 aliphatic rings. The van der Waals surface area contributed by atoms with E-state index in [1.165, 1.54) is 47.6 Å². The van der Waals surface area contributed by atoms with Gasteiger partial charge in [-0.1, -0.05) is 146 Å². The third-order valence-corrected chi connectivity index (χ3v) is 9.88. The summed E-state index contributed by atoms with van der Waals surface area (Å²) in [5, 5.41) is 5.05. The summed E-state index contributed by atoms with van der Waals surface area (Å²) in [4.78, 5) is 14.9. The molecule has 0 fully saturated rings. The molecule has 0 saturated heterocycles. The Bertz CT molecular complexity index is 2550. The lowest BCUT2D eigenvalue weighted by atomic mass is 9.98. The van der Waals surface area contributed by atoms with Gasteiger partial charge >= 0.3 is 0 Å². The van der Waals surface area contributed by atoms with Gasteiger partial charge in [-0.2, -0.15) is 0 Å². The van der Waals surface area contributed by atoms with Crippen molar-refractivity contribution in [3.63, 3.8) is 0 Å². The Morgan fingerprint density at radius 2 is 0.787 bits per heavy atom. The number of benzene rings is 7. The van der Waals surface area contributed by atoms with Crippen molar-refractivity contribution in [1.82, 2.24) is 15.0 Å². The second-order valence-electron chi connectivity index (χ2n) is 11.7. The van der Waals surface area contributed by atoms with Gasteiger partial charge in [-0.25, -0.2) is 15.0 Å². The zero-order chi connectivity index (χ0) is 31.2. The summed E-state index contributed by atoms with van der Waals surface area (Å²) in [6.45, 7) is 0. The summed E-state index contributed by atoms with van der Waals surface area (Å²) in [6.07, 6.45) is 0. The van der Waals surface area contributed by atoms with Crippen molar-refractivity contribution in [2.75, 3.05) is 0 Å². The summed E-state index contributed by atoms with van der Waals surface area (Å²) in [5.41, 5.74) is 7.63. The van der Waals surface area contributed by atoms with E-state index in [0.717, 1.165) is 22.3 Å². The SMILES string of the molecule is c1ccc(-c2nc(-c3ccc(-c4ccc(-c5ccc6ccccc6c5)cc4)cc3)nc(-c3ccc4c(c3)sc3ccccc34)n2)cc1. The van der Waals surface area contributed by atoms with Gasteiger partial charge in [-0.05, 0) is 51.2 Å². The van der Waals surface area contributed by atoms with Gasteiger partial charge in [-0.3, -0.25) is 0 Å². The Morgan fingerprint density at radius 1 is 0.298 bits per heavy atom. The van der Waals surface area contributed by atoms with Crippen LogP contribution in [0, 0.1) is 0 Å². The van der Waals surface area contributed by atoms with Gasteiger partial charge in [0.2, 0.25) is 0 Å². The zero-order valence-corrected chi connectivity index (χ0v) is 26.2. The van der Waals surface area contributed by atoms with Crippen molar-refractivity contribution < 1.29 is 0 Å². The quantitative estimate of drug-likeness (QED) is 0.193. The number of hydrogen-bond donors (Lipinski definition) is 0. The van der Waals surface area contributed by atoms with Crippen molar-refractivity contribution in [3.05, 3.63) is 164 Å². The van der Waals surface area contributed by atoms with Crippen molar-refractivity contribution >= 4 is 42.3 Å². The molecule has 7 aromatic carbocycles. The Kier molecular flexibility index (Phi) is 6.65. The van der Waals surface area contributed by atoms with Crippen molar-refractivity contribution in [1.29, 1.82) is 0 Å². The van der Waals surface area contributed by atoms with Gasteiger partial charge in [0.25, 0.3) is 0 Å². The molecule has 9 aromatic rings. The molecule has 0 spiro atoms. The minimum Gasteiger partial charge on any atom is -0.208 e. The molecular weight excluding hydrogens is 591 g/mol. The van der Waals surface area contributed by atoms with Crippen LogP contribution in [0.15, 0.2) is 164 Å². The topological polar surface area (TPSA) is 38.7 Å². The van der Waals surface area contributed by atoms with Crippen LogP contribution in [0.1, 0.15) is 0 Å². The van der Waals surface area contributed by atoms with Crippen LogP contribution in [0.3, 0.4) is 0 Å². The van der Waals surface area contributed by atoms with E-state index in [9.17, 15) is 0 Å². The van der Waals surface area contributed by atoms with Gasteiger partial charge < -0.3 is 0 Å². The van der Waals surface area contributed by atoms with E-state index < -0.39 is 0 Å². The fourth-order valence-electron chi connectivity index (χ4n) is 6.25. The first-order chi connectivity index (χ1) is 23.2. The summed E-state index contributed by atoms with van der Waals surface area (Å²) < 4.78 is 2.51. The fourth-order valence-corrected chi connectivity index (χ4v) is 7.40. The maximum atomic E-state index is 5.01. The van der Waals surface area contributed by atoms with Crippen molar-refractivity contribution in [3.8, 4) is 56.4 Å². The van der Waals surface area contributed by atoms with E-state index in [4.69, 9.17) is 15.0 Å². The summed E-state index contributed by atoms with van der Waals surface area (Å²) >= 11 is 1.80. The van der Waals surface area contributed by atoms with Gasteiger partial charge in [-0.15, -0.1) is 11.3 Å². The average Bonchev–Trinajstić information content (AvgIpc) is 3.53. The van der Waals surface area contributed by atoms with Gasteiger partial charge in [0, 0.05) is 36.9 Å². The lowest BCUT2D eigenvalue weighted by Gasteiger charge is -2.10. The first-order valence-corrected chi connectivity index (χ1v) is 16.5. The van der Waals surface area contributed by atoms with E-state index in [1.807, 2.05) is 30.3 Å². The predicted molar refractivity (Wildman–Crippen MR) is 197 cm³/mol. The monoisotopic (exact) mass is 617 g/mol. The van der Waals surface area contributed by atoms with Gasteiger partial charge in [0.1, 0.15) is 0 Å². The highest BCUT2D eigenvalue weighted by Crippen LogP contribution is 2.36. The highest BCUT2D eigenvalue weighted by atomic mass is 32.1. The number of hydrogen-bond acceptors (Lipinski definition) is 4. The maximum absolute atomic E-state index is 5.01. The Morgan fingerprint density at radius 3 is 1.51 bits per heavy atom. The van der Waals surface area contributed by atoms with Crippen LogP contribution in [0.25, 0.3) is 87.4 Å². The molecule has 47 heavy (non-hydrogen) atoms. The molecule has 0 aliphatic carbocycles. The largest absolute Gasteiger partial charge is 0.208 e. The summed E-state index contributed by atoms with van der Waals surface area (Å²) in [7, 11) is 0. The molecule has 0 amide bonds. The predicted octanol–water partition coefficient (Wildman–Crippen LogP) is 11.7. The van der Waals surface area contributed by atoms with Crippen LogP contribution in [0.4, 0.5) is 0 Å². The zero-order valence-electron chi connectivity index (χ0n) is 25.3. The van der Waals surface area contributed by atoms with Gasteiger partial charge in [0.05, 0.1) is 0 Å². The summed E-state index contributed by atoms with van der Waals surface area (Å²) in [6, 6.07) is 57.6. The minimum absolute atomic E-state index is 0.656. The molecule has 0 atom stereocenters. The fraction of sp³-hybridized carbons (Fsp3) is 0. The summed E-state index contributed by atoms with van der Waals surface area (Å²) in [5.74, 6) is 1.99. The third kappa shape index (κ3) is 5.15. The number of aromatic nitrogens is 3. The molecule has 0 N–H and O–H groups in total. The molecule has 4 heteroatoms.